The molecule has 0 atom stereocenters. The standard InChI is InChI=1S/C35H37FN4O6S2/c1-35(2,3)28-18-37-29(46-28)20-47-31-19-38-34(48-31)39-33(43)22-9-12-40(13-10-22)11-4-14-44-24-15-26(41)32-25(17-30(42)45-27(32)16-24)21-5-7-23(36)8-6-21/h5-8,15-19,22,41H,4,9-14,20H2,1-3H3,(H,38,39,43). The smallest absolute Gasteiger partial charge is 0.336 e. The zero-order chi connectivity index (χ0) is 33.8. The molecule has 4 heterocycles. The summed E-state index contributed by atoms with van der Waals surface area (Å²) in [5, 5.41) is 14.7. The van der Waals surface area contributed by atoms with Gasteiger partial charge < -0.3 is 28.9 Å². The van der Waals surface area contributed by atoms with Crippen molar-refractivity contribution < 1.29 is 27.9 Å². The lowest BCUT2D eigenvalue weighted by atomic mass is 9.94. The molecule has 1 aliphatic heterocycles. The summed E-state index contributed by atoms with van der Waals surface area (Å²) in [4.78, 5) is 36.3. The van der Waals surface area contributed by atoms with E-state index in [2.05, 4.69) is 41.0 Å². The summed E-state index contributed by atoms with van der Waals surface area (Å²) in [7, 11) is 0. The molecule has 1 amide bonds. The Hall–Kier alpha value is -4.20. The highest BCUT2D eigenvalue weighted by molar-refractivity contribution is 8.00. The number of phenols is 1. The van der Waals surface area contributed by atoms with Gasteiger partial charge in [0.1, 0.15) is 28.7 Å². The van der Waals surface area contributed by atoms with Gasteiger partial charge in [-0.25, -0.2) is 19.2 Å². The Balaban J connectivity index is 0.935. The SMILES string of the molecule is CC(C)(C)c1cnc(CSc2cnc(NC(=O)C3CCN(CCCOc4cc(O)c5c(-c6ccc(F)cc6)cc(=O)oc5c4)CC3)s2)o1. The van der Waals surface area contributed by atoms with Crippen LogP contribution in [0.5, 0.6) is 11.5 Å². The maximum Gasteiger partial charge on any atom is 0.336 e. The predicted molar refractivity (Wildman–Crippen MR) is 184 cm³/mol. The fourth-order valence-electron chi connectivity index (χ4n) is 5.54. The van der Waals surface area contributed by atoms with Gasteiger partial charge in [-0.05, 0) is 50.0 Å². The monoisotopic (exact) mass is 692 g/mol. The van der Waals surface area contributed by atoms with Crippen LogP contribution in [0.1, 0.15) is 51.7 Å². The molecule has 0 saturated carbocycles. The number of benzene rings is 2. The molecule has 0 unspecified atom stereocenters. The van der Waals surface area contributed by atoms with Crippen LogP contribution in [0.15, 0.2) is 72.7 Å². The molecule has 1 fully saturated rings. The number of carbonyl (C=O) groups is 1. The maximum atomic E-state index is 13.4. The van der Waals surface area contributed by atoms with Crippen LogP contribution in [0, 0.1) is 11.7 Å². The first-order valence-corrected chi connectivity index (χ1v) is 17.6. The zero-order valence-electron chi connectivity index (χ0n) is 27.0. The summed E-state index contributed by atoms with van der Waals surface area (Å²) < 4.78 is 31.5. The molecule has 2 N–H and O–H groups in total. The van der Waals surface area contributed by atoms with E-state index in [9.17, 15) is 19.1 Å². The quantitative estimate of drug-likeness (QED) is 0.0817. The van der Waals surface area contributed by atoms with E-state index >= 15 is 0 Å². The second-order valence-electron chi connectivity index (χ2n) is 12.8. The van der Waals surface area contributed by atoms with E-state index in [1.165, 1.54) is 35.6 Å². The number of aromatic nitrogens is 2. The number of nitrogens with zero attached hydrogens (tertiary/aromatic N) is 3. The number of hydrogen-bond acceptors (Lipinski definition) is 11. The lowest BCUT2D eigenvalue weighted by Gasteiger charge is -2.31. The lowest BCUT2D eigenvalue weighted by molar-refractivity contribution is -0.121. The van der Waals surface area contributed by atoms with Gasteiger partial charge in [0.05, 0.1) is 34.3 Å². The van der Waals surface area contributed by atoms with Gasteiger partial charge in [0.2, 0.25) is 11.8 Å². The number of fused-ring (bicyclic) bond motifs is 1. The Morgan fingerprint density at radius 1 is 1.12 bits per heavy atom. The number of carbonyl (C=O) groups excluding carboxylic acids is 1. The summed E-state index contributed by atoms with van der Waals surface area (Å²) in [5.41, 5.74) is 0.549. The molecule has 1 aliphatic rings. The third kappa shape index (κ3) is 8.26. The molecule has 0 spiro atoms. The van der Waals surface area contributed by atoms with E-state index in [1.54, 1.807) is 42.4 Å². The molecule has 5 aromatic rings. The number of thioether (sulfide) groups is 1. The Morgan fingerprint density at radius 3 is 2.62 bits per heavy atom. The first-order chi connectivity index (χ1) is 23.0. The Kier molecular flexibility index (Phi) is 10.2. The molecule has 252 valence electrons. The Bertz CT molecular complexity index is 1940. The van der Waals surface area contributed by atoms with Crippen LogP contribution in [0.3, 0.4) is 0 Å². The van der Waals surface area contributed by atoms with Gasteiger partial charge in [-0.2, -0.15) is 0 Å². The van der Waals surface area contributed by atoms with Crippen molar-refractivity contribution in [2.75, 3.05) is 31.6 Å². The molecule has 0 aliphatic carbocycles. The van der Waals surface area contributed by atoms with Crippen LogP contribution in [-0.4, -0.2) is 52.1 Å². The van der Waals surface area contributed by atoms with E-state index in [0.29, 0.717) is 45.6 Å². The normalized spacial score (nSPS) is 14.4. The largest absolute Gasteiger partial charge is 0.507 e. The van der Waals surface area contributed by atoms with Gasteiger partial charge in [0.25, 0.3) is 0 Å². The number of aromatic hydroxyl groups is 1. The van der Waals surface area contributed by atoms with Crippen molar-refractivity contribution in [1.82, 2.24) is 14.9 Å². The second kappa shape index (κ2) is 14.5. The van der Waals surface area contributed by atoms with Crippen molar-refractivity contribution >= 4 is 45.1 Å². The molecule has 13 heteroatoms. The Morgan fingerprint density at radius 2 is 1.90 bits per heavy atom. The van der Waals surface area contributed by atoms with Crippen molar-refractivity contribution in [3.8, 4) is 22.6 Å². The number of rotatable bonds is 11. The van der Waals surface area contributed by atoms with Gasteiger partial charge in [0, 0.05) is 41.6 Å². The first-order valence-electron chi connectivity index (χ1n) is 15.8. The summed E-state index contributed by atoms with van der Waals surface area (Å²) in [5.74, 6) is 1.93. The second-order valence-corrected chi connectivity index (χ2v) is 15.1. The average Bonchev–Trinajstić information content (AvgIpc) is 3.72. The number of piperidine rings is 1. The summed E-state index contributed by atoms with van der Waals surface area (Å²) in [6.07, 6.45) is 5.80. The van der Waals surface area contributed by atoms with E-state index < -0.39 is 11.4 Å². The molecule has 1 saturated heterocycles. The van der Waals surface area contributed by atoms with E-state index in [4.69, 9.17) is 13.6 Å². The molecular formula is C35H37FN4O6S2. The van der Waals surface area contributed by atoms with Gasteiger partial charge >= 0.3 is 5.63 Å². The number of anilines is 1. The molecule has 0 radical (unpaired) electrons. The van der Waals surface area contributed by atoms with Crippen molar-refractivity contribution in [3.05, 3.63) is 82.7 Å². The van der Waals surface area contributed by atoms with Crippen molar-refractivity contribution in [3.63, 3.8) is 0 Å². The first kappa shape index (κ1) is 33.7. The van der Waals surface area contributed by atoms with Crippen molar-refractivity contribution in [1.29, 1.82) is 0 Å². The van der Waals surface area contributed by atoms with Crippen LogP contribution < -0.4 is 15.7 Å². The van der Waals surface area contributed by atoms with E-state index in [-0.39, 0.29) is 28.6 Å². The minimum atomic E-state index is -0.584. The van der Waals surface area contributed by atoms with Crippen molar-refractivity contribution in [2.45, 2.75) is 55.4 Å². The number of phenolic OH excluding ortho intramolecular Hbond substituents is 1. The van der Waals surface area contributed by atoms with Crippen LogP contribution in [0.25, 0.3) is 22.1 Å². The number of likely N-dealkylation sites (tertiary alicyclic amines) is 1. The number of oxazole rings is 1. The zero-order valence-corrected chi connectivity index (χ0v) is 28.6. The van der Waals surface area contributed by atoms with E-state index in [0.717, 1.165) is 48.9 Å². The summed E-state index contributed by atoms with van der Waals surface area (Å²) in [6, 6.07) is 10.0. The van der Waals surface area contributed by atoms with Gasteiger partial charge in [-0.3, -0.25) is 4.79 Å². The van der Waals surface area contributed by atoms with Gasteiger partial charge in [0.15, 0.2) is 5.13 Å². The number of amides is 1. The third-order valence-corrected chi connectivity index (χ3v) is 10.2. The molecule has 6 rings (SSSR count). The fraction of sp³-hybridized carbons (Fsp3) is 0.371. The van der Waals surface area contributed by atoms with Gasteiger partial charge in [-0.15, -0.1) is 11.8 Å². The molecule has 10 nitrogen and oxygen atoms in total. The molecule has 48 heavy (non-hydrogen) atoms. The Labute approximate surface area is 285 Å². The minimum Gasteiger partial charge on any atom is -0.507 e. The number of halogens is 1. The van der Waals surface area contributed by atoms with Crippen LogP contribution >= 0.6 is 23.1 Å². The minimum absolute atomic E-state index is 0.00301. The average molecular weight is 693 g/mol. The molecule has 3 aromatic heterocycles. The molecule has 2 aromatic carbocycles. The van der Waals surface area contributed by atoms with Crippen molar-refractivity contribution in [2.24, 2.45) is 5.92 Å². The van der Waals surface area contributed by atoms with E-state index in [1.807, 2.05) is 0 Å². The maximum absolute atomic E-state index is 13.4. The molecular weight excluding hydrogens is 656 g/mol. The topological polar surface area (TPSA) is 131 Å². The highest BCUT2D eigenvalue weighted by atomic mass is 32.2. The van der Waals surface area contributed by atoms with Crippen LogP contribution in [0.2, 0.25) is 0 Å². The fourth-order valence-corrected chi connectivity index (χ4v) is 7.27. The number of thiazole rings is 1. The third-order valence-electron chi connectivity index (χ3n) is 8.14. The number of nitrogens with one attached hydrogen (secondary N) is 1. The van der Waals surface area contributed by atoms with Gasteiger partial charge in [-0.1, -0.05) is 44.2 Å². The van der Waals surface area contributed by atoms with Crippen LogP contribution in [0.4, 0.5) is 9.52 Å². The number of hydrogen-bond donors (Lipinski definition) is 2. The highest BCUT2D eigenvalue weighted by Crippen LogP contribution is 2.37. The van der Waals surface area contributed by atoms with Crippen LogP contribution in [-0.2, 0) is 16.0 Å². The lowest BCUT2D eigenvalue weighted by Crippen LogP contribution is -2.38. The predicted octanol–water partition coefficient (Wildman–Crippen LogP) is 7.46. The summed E-state index contributed by atoms with van der Waals surface area (Å²) in [6.45, 7) is 9.06. The highest BCUT2D eigenvalue weighted by Gasteiger charge is 2.26. The number of ether oxygens (including phenoxy) is 1. The molecule has 0 bridgehead atoms. The summed E-state index contributed by atoms with van der Waals surface area (Å²) >= 11 is 3.03.